The van der Waals surface area contributed by atoms with E-state index in [2.05, 4.69) is 53.4 Å². The molecule has 2 aromatic carbocycles. The van der Waals surface area contributed by atoms with Gasteiger partial charge in [0, 0.05) is 18.4 Å². The van der Waals surface area contributed by atoms with Crippen LogP contribution in [0, 0.1) is 5.92 Å². The summed E-state index contributed by atoms with van der Waals surface area (Å²) in [5, 5.41) is 0. The van der Waals surface area contributed by atoms with Crippen LogP contribution in [-0.4, -0.2) is 36.4 Å². The standard InChI is InChI=1S/C25H31NO2/c27-18-15-23-24(26-16-5-2-6-17-26)13-14-25(23)28-19-20-9-11-22(12-10-20)21-7-3-1-4-8-21/h1,3-4,7-12,18,23-25H,2,5-6,13-17,19H2/t23-,24+,25+/m1/s1. The second-order valence-corrected chi connectivity index (χ2v) is 8.22. The van der Waals surface area contributed by atoms with E-state index in [1.54, 1.807) is 0 Å². The maximum absolute atomic E-state index is 11.3. The molecule has 0 N–H and O–H groups in total. The normalized spacial score (nSPS) is 25.6. The number of carbonyl (C=O) groups is 1. The highest BCUT2D eigenvalue weighted by atomic mass is 16.5. The van der Waals surface area contributed by atoms with Gasteiger partial charge >= 0.3 is 0 Å². The van der Waals surface area contributed by atoms with E-state index in [1.807, 2.05) is 6.07 Å². The van der Waals surface area contributed by atoms with Crippen molar-refractivity contribution >= 4 is 6.29 Å². The minimum Gasteiger partial charge on any atom is -0.373 e. The number of carbonyl (C=O) groups excluding carboxylic acids is 1. The molecule has 2 aliphatic rings. The monoisotopic (exact) mass is 377 g/mol. The molecule has 0 spiro atoms. The minimum atomic E-state index is 0.200. The van der Waals surface area contributed by atoms with Crippen molar-refractivity contribution in [3.8, 4) is 11.1 Å². The third-order valence-electron chi connectivity index (χ3n) is 6.47. The Hall–Kier alpha value is -1.97. The third-order valence-corrected chi connectivity index (χ3v) is 6.47. The molecule has 1 saturated carbocycles. The summed E-state index contributed by atoms with van der Waals surface area (Å²) in [6.07, 6.45) is 8.09. The molecule has 3 atom stereocenters. The molecule has 0 amide bonds. The number of ether oxygens (including phenoxy) is 1. The molecule has 0 aromatic heterocycles. The fourth-order valence-corrected chi connectivity index (χ4v) is 4.97. The SMILES string of the molecule is O=CC[C@H]1[C@@H](OCc2ccc(-c3ccccc3)cc2)CC[C@@H]1N1CCCCC1. The van der Waals surface area contributed by atoms with Gasteiger partial charge in [0.15, 0.2) is 0 Å². The fourth-order valence-electron chi connectivity index (χ4n) is 4.97. The molecule has 148 valence electrons. The largest absolute Gasteiger partial charge is 0.373 e. The van der Waals surface area contributed by atoms with Crippen molar-refractivity contribution in [2.24, 2.45) is 5.92 Å². The smallest absolute Gasteiger partial charge is 0.120 e. The van der Waals surface area contributed by atoms with Gasteiger partial charge in [0.05, 0.1) is 12.7 Å². The lowest BCUT2D eigenvalue weighted by Crippen LogP contribution is -2.43. The van der Waals surface area contributed by atoms with Gasteiger partial charge in [-0.2, -0.15) is 0 Å². The van der Waals surface area contributed by atoms with Gasteiger partial charge in [0.25, 0.3) is 0 Å². The van der Waals surface area contributed by atoms with E-state index in [-0.39, 0.29) is 6.10 Å². The van der Waals surface area contributed by atoms with E-state index in [9.17, 15) is 4.79 Å². The zero-order chi connectivity index (χ0) is 19.2. The zero-order valence-electron chi connectivity index (χ0n) is 16.6. The lowest BCUT2D eigenvalue weighted by atomic mass is 9.95. The first-order valence-corrected chi connectivity index (χ1v) is 10.8. The quantitative estimate of drug-likeness (QED) is 0.629. The number of piperidine rings is 1. The number of hydrogen-bond donors (Lipinski definition) is 0. The summed E-state index contributed by atoms with van der Waals surface area (Å²) in [6, 6.07) is 19.6. The van der Waals surface area contributed by atoms with Gasteiger partial charge in [-0.15, -0.1) is 0 Å². The first-order valence-electron chi connectivity index (χ1n) is 10.8. The van der Waals surface area contributed by atoms with Gasteiger partial charge in [0.1, 0.15) is 6.29 Å². The second kappa shape index (κ2) is 9.49. The average molecular weight is 378 g/mol. The maximum atomic E-state index is 11.3. The van der Waals surface area contributed by atoms with E-state index in [1.165, 1.54) is 49.0 Å². The van der Waals surface area contributed by atoms with Crippen LogP contribution in [0.2, 0.25) is 0 Å². The lowest BCUT2D eigenvalue weighted by molar-refractivity contribution is -0.110. The molecular weight excluding hydrogens is 346 g/mol. The molecule has 1 aliphatic carbocycles. The van der Waals surface area contributed by atoms with Crippen LogP contribution in [0.25, 0.3) is 11.1 Å². The van der Waals surface area contributed by atoms with Gasteiger partial charge in [-0.25, -0.2) is 0 Å². The van der Waals surface area contributed by atoms with E-state index in [4.69, 9.17) is 4.74 Å². The molecule has 1 aliphatic heterocycles. The maximum Gasteiger partial charge on any atom is 0.120 e. The first-order chi connectivity index (χ1) is 13.8. The van der Waals surface area contributed by atoms with E-state index in [0.29, 0.717) is 25.0 Å². The van der Waals surface area contributed by atoms with Crippen molar-refractivity contribution in [1.82, 2.24) is 4.90 Å². The molecule has 2 aromatic rings. The van der Waals surface area contributed by atoms with E-state index in [0.717, 1.165) is 19.1 Å². The van der Waals surface area contributed by atoms with Crippen molar-refractivity contribution in [2.75, 3.05) is 13.1 Å². The highest BCUT2D eigenvalue weighted by molar-refractivity contribution is 5.63. The van der Waals surface area contributed by atoms with Crippen molar-refractivity contribution in [3.63, 3.8) is 0 Å². The van der Waals surface area contributed by atoms with Gasteiger partial charge < -0.3 is 9.53 Å². The fraction of sp³-hybridized carbons (Fsp3) is 0.480. The molecule has 1 heterocycles. The zero-order valence-corrected chi connectivity index (χ0v) is 16.6. The summed E-state index contributed by atoms with van der Waals surface area (Å²) in [7, 11) is 0. The van der Waals surface area contributed by atoms with Crippen molar-refractivity contribution < 1.29 is 9.53 Å². The number of rotatable bonds is 7. The van der Waals surface area contributed by atoms with Crippen molar-refractivity contribution in [1.29, 1.82) is 0 Å². The average Bonchev–Trinajstić information content (AvgIpc) is 3.17. The Balaban J connectivity index is 1.36. The topological polar surface area (TPSA) is 29.5 Å². The second-order valence-electron chi connectivity index (χ2n) is 8.22. The highest BCUT2D eigenvalue weighted by Gasteiger charge is 2.39. The summed E-state index contributed by atoms with van der Waals surface area (Å²) in [5.74, 6) is 0.346. The Morgan fingerprint density at radius 2 is 1.61 bits per heavy atom. The number of hydrogen-bond acceptors (Lipinski definition) is 3. The van der Waals surface area contributed by atoms with Crippen molar-refractivity contribution in [2.45, 2.75) is 57.3 Å². The van der Waals surface area contributed by atoms with Crippen LogP contribution >= 0.6 is 0 Å². The van der Waals surface area contributed by atoms with Gasteiger partial charge in [0.2, 0.25) is 0 Å². The summed E-state index contributed by atoms with van der Waals surface area (Å²) in [5.41, 5.74) is 3.67. The van der Waals surface area contributed by atoms with Crippen molar-refractivity contribution in [3.05, 3.63) is 60.2 Å². The lowest BCUT2D eigenvalue weighted by Gasteiger charge is -2.36. The number of likely N-dealkylation sites (tertiary alicyclic amines) is 1. The molecule has 0 bridgehead atoms. The number of aldehydes is 1. The van der Waals surface area contributed by atoms with E-state index >= 15 is 0 Å². The first kappa shape index (κ1) is 19.4. The predicted octanol–water partition coefficient (Wildman–Crippen LogP) is 5.09. The Kier molecular flexibility index (Phi) is 6.56. The molecular formula is C25H31NO2. The molecule has 1 saturated heterocycles. The molecule has 4 rings (SSSR count). The molecule has 2 fully saturated rings. The van der Waals surface area contributed by atoms with Crippen LogP contribution in [0.1, 0.15) is 44.1 Å². The Labute approximate surface area is 168 Å². The molecule has 0 radical (unpaired) electrons. The summed E-state index contributed by atoms with van der Waals surface area (Å²) < 4.78 is 6.34. The van der Waals surface area contributed by atoms with Gasteiger partial charge in [-0.1, -0.05) is 61.0 Å². The van der Waals surface area contributed by atoms with Crippen LogP contribution < -0.4 is 0 Å². The van der Waals surface area contributed by atoms with Crippen LogP contribution in [-0.2, 0) is 16.1 Å². The molecule has 28 heavy (non-hydrogen) atoms. The molecule has 0 unspecified atom stereocenters. The Morgan fingerprint density at radius 3 is 2.32 bits per heavy atom. The van der Waals surface area contributed by atoms with Crippen LogP contribution in [0.4, 0.5) is 0 Å². The van der Waals surface area contributed by atoms with Gasteiger partial charge in [-0.3, -0.25) is 4.90 Å². The molecule has 3 heteroatoms. The number of nitrogens with zero attached hydrogens (tertiary/aromatic N) is 1. The van der Waals surface area contributed by atoms with E-state index < -0.39 is 0 Å². The third kappa shape index (κ3) is 4.53. The predicted molar refractivity (Wildman–Crippen MR) is 113 cm³/mol. The van der Waals surface area contributed by atoms with Crippen LogP contribution in [0.15, 0.2) is 54.6 Å². The number of benzene rings is 2. The van der Waals surface area contributed by atoms with Gasteiger partial charge in [-0.05, 0) is 55.5 Å². The summed E-state index contributed by atoms with van der Waals surface area (Å²) >= 11 is 0. The minimum absolute atomic E-state index is 0.200. The highest BCUT2D eigenvalue weighted by Crippen LogP contribution is 2.36. The Bertz CT molecular complexity index is 737. The summed E-state index contributed by atoms with van der Waals surface area (Å²) in [4.78, 5) is 13.9. The van der Waals surface area contributed by atoms with Crippen LogP contribution in [0.5, 0.6) is 0 Å². The molecule has 3 nitrogen and oxygen atoms in total. The van der Waals surface area contributed by atoms with Crippen LogP contribution in [0.3, 0.4) is 0 Å². The summed E-state index contributed by atoms with van der Waals surface area (Å²) in [6.45, 7) is 3.00. The Morgan fingerprint density at radius 1 is 0.893 bits per heavy atom.